The van der Waals surface area contributed by atoms with E-state index in [1.165, 1.54) is 0 Å². The van der Waals surface area contributed by atoms with Crippen LogP contribution in [-0.2, 0) is 6.54 Å². The van der Waals surface area contributed by atoms with Crippen LogP contribution in [0, 0.1) is 0 Å². The summed E-state index contributed by atoms with van der Waals surface area (Å²) in [5, 5.41) is 14.0. The van der Waals surface area contributed by atoms with Crippen molar-refractivity contribution in [2.75, 3.05) is 0 Å². The number of hydrogen-bond acceptors (Lipinski definition) is 2. The van der Waals surface area contributed by atoms with E-state index in [0.717, 1.165) is 10.9 Å². The van der Waals surface area contributed by atoms with Gasteiger partial charge in [0.2, 0.25) is 0 Å². The van der Waals surface area contributed by atoms with Crippen molar-refractivity contribution in [3.8, 4) is 11.3 Å². The average Bonchev–Trinajstić information content (AvgIpc) is 2.73. The van der Waals surface area contributed by atoms with Crippen molar-refractivity contribution in [3.63, 3.8) is 0 Å². The second-order valence-corrected chi connectivity index (χ2v) is 5.41. The minimum atomic E-state index is -1.00. The molecule has 0 radical (unpaired) electrons. The fourth-order valence-corrected chi connectivity index (χ4v) is 2.56. The summed E-state index contributed by atoms with van der Waals surface area (Å²) in [5.41, 5.74) is 1.19. The van der Waals surface area contributed by atoms with Gasteiger partial charge in [0.25, 0.3) is 0 Å². The first kappa shape index (κ1) is 14.1. The molecule has 100 valence electrons. The molecule has 0 amide bonds. The lowest BCUT2D eigenvalue weighted by atomic mass is 10.1. The number of nitrogens with zero attached hydrogens (tertiary/aromatic N) is 2. The second kappa shape index (κ2) is 5.75. The number of carboxylic acids is 1. The molecule has 6 heteroatoms. The van der Waals surface area contributed by atoms with Gasteiger partial charge >= 0.3 is 5.97 Å². The number of halogens is 2. The van der Waals surface area contributed by atoms with Gasteiger partial charge in [-0.1, -0.05) is 40.5 Å². The molecule has 19 heavy (non-hydrogen) atoms. The van der Waals surface area contributed by atoms with E-state index < -0.39 is 5.97 Å². The van der Waals surface area contributed by atoms with E-state index in [-0.39, 0.29) is 5.56 Å². The largest absolute Gasteiger partial charge is 0.478 e. The molecule has 2 rings (SSSR count). The summed E-state index contributed by atoms with van der Waals surface area (Å²) in [7, 11) is 0. The number of benzene rings is 1. The van der Waals surface area contributed by atoms with Crippen LogP contribution < -0.4 is 0 Å². The van der Waals surface area contributed by atoms with Crippen LogP contribution in [0.25, 0.3) is 11.3 Å². The Bertz CT molecular complexity index is 625. The van der Waals surface area contributed by atoms with Gasteiger partial charge in [-0.25, -0.2) is 4.79 Å². The maximum atomic E-state index is 11.3. The van der Waals surface area contributed by atoms with E-state index in [9.17, 15) is 9.90 Å². The maximum absolute atomic E-state index is 11.3. The zero-order chi connectivity index (χ0) is 14.0. The van der Waals surface area contributed by atoms with Crippen LogP contribution in [0.15, 0.2) is 28.9 Å². The number of rotatable bonds is 4. The van der Waals surface area contributed by atoms with Gasteiger partial charge in [-0.05, 0) is 18.6 Å². The lowest BCUT2D eigenvalue weighted by Crippen LogP contribution is -1.97. The Labute approximate surface area is 124 Å². The van der Waals surface area contributed by atoms with Crippen LogP contribution in [0.2, 0.25) is 5.02 Å². The van der Waals surface area contributed by atoms with Crippen molar-refractivity contribution in [1.82, 2.24) is 9.78 Å². The van der Waals surface area contributed by atoms with Gasteiger partial charge in [0.05, 0.1) is 5.02 Å². The Hall–Kier alpha value is -1.33. The van der Waals surface area contributed by atoms with E-state index in [4.69, 9.17) is 11.6 Å². The highest BCUT2D eigenvalue weighted by Crippen LogP contribution is 2.31. The Morgan fingerprint density at radius 2 is 2.26 bits per heavy atom. The van der Waals surface area contributed by atoms with Crippen molar-refractivity contribution < 1.29 is 9.90 Å². The van der Waals surface area contributed by atoms with Gasteiger partial charge in [-0.3, -0.25) is 4.68 Å². The third-order valence-corrected chi connectivity index (χ3v) is 3.44. The molecular weight excluding hydrogens is 332 g/mol. The summed E-state index contributed by atoms with van der Waals surface area (Å²) in [4.78, 5) is 11.3. The maximum Gasteiger partial charge on any atom is 0.339 e. The first-order chi connectivity index (χ1) is 9.02. The highest BCUT2D eigenvalue weighted by atomic mass is 79.9. The van der Waals surface area contributed by atoms with Gasteiger partial charge in [0.15, 0.2) is 0 Å². The highest BCUT2D eigenvalue weighted by molar-refractivity contribution is 9.10. The van der Waals surface area contributed by atoms with Crippen LogP contribution in [0.3, 0.4) is 0 Å². The molecule has 0 saturated heterocycles. The third kappa shape index (κ3) is 2.98. The molecule has 4 nitrogen and oxygen atoms in total. The highest BCUT2D eigenvalue weighted by Gasteiger charge is 2.19. The minimum Gasteiger partial charge on any atom is -0.478 e. The average molecular weight is 344 g/mol. The monoisotopic (exact) mass is 342 g/mol. The van der Waals surface area contributed by atoms with Gasteiger partial charge in [-0.2, -0.15) is 5.10 Å². The Morgan fingerprint density at radius 1 is 1.53 bits per heavy atom. The van der Waals surface area contributed by atoms with Crippen LogP contribution in [0.5, 0.6) is 0 Å². The number of carboxylic acid groups (broad SMARTS) is 1. The van der Waals surface area contributed by atoms with Gasteiger partial charge in [0.1, 0.15) is 11.3 Å². The molecule has 0 atom stereocenters. The van der Waals surface area contributed by atoms with Crippen LogP contribution in [-0.4, -0.2) is 20.9 Å². The van der Waals surface area contributed by atoms with Crippen molar-refractivity contribution in [1.29, 1.82) is 0 Å². The smallest absolute Gasteiger partial charge is 0.339 e. The van der Waals surface area contributed by atoms with E-state index in [1.807, 2.05) is 13.0 Å². The number of aryl methyl sites for hydroxylation is 1. The molecule has 0 bridgehead atoms. The quantitative estimate of drug-likeness (QED) is 0.910. The van der Waals surface area contributed by atoms with E-state index in [2.05, 4.69) is 21.0 Å². The molecule has 1 aromatic carbocycles. The molecule has 1 N–H and O–H groups in total. The normalized spacial score (nSPS) is 10.7. The van der Waals surface area contributed by atoms with E-state index in [0.29, 0.717) is 22.8 Å². The lowest BCUT2D eigenvalue weighted by molar-refractivity contribution is 0.0697. The first-order valence-electron chi connectivity index (χ1n) is 5.79. The fraction of sp³-hybridized carbons (Fsp3) is 0.231. The van der Waals surface area contributed by atoms with E-state index >= 15 is 0 Å². The van der Waals surface area contributed by atoms with Crippen molar-refractivity contribution in [3.05, 3.63) is 39.5 Å². The first-order valence-corrected chi connectivity index (χ1v) is 6.96. The standard InChI is InChI=1S/C13H12BrClN2O2/c1-2-5-17-7-10(13(18)19)12(16-17)9-4-3-8(14)6-11(9)15/h3-4,6-7H,2,5H2,1H3,(H,18,19). The summed E-state index contributed by atoms with van der Waals surface area (Å²) in [6, 6.07) is 5.30. The third-order valence-electron chi connectivity index (χ3n) is 2.63. The lowest BCUT2D eigenvalue weighted by Gasteiger charge is -2.03. The van der Waals surface area contributed by atoms with Crippen molar-refractivity contribution >= 4 is 33.5 Å². The molecule has 0 aliphatic carbocycles. The van der Waals surface area contributed by atoms with Gasteiger partial charge in [0, 0.05) is 22.8 Å². The molecule has 1 heterocycles. The predicted octanol–water partition coefficient (Wildman–Crippen LogP) is 4.07. The molecule has 0 aliphatic heterocycles. The number of aromatic nitrogens is 2. The Balaban J connectivity index is 2.56. The molecule has 2 aromatic rings. The molecule has 0 fully saturated rings. The molecule has 0 saturated carbocycles. The van der Waals surface area contributed by atoms with Gasteiger partial charge in [-0.15, -0.1) is 0 Å². The SMILES string of the molecule is CCCn1cc(C(=O)O)c(-c2ccc(Br)cc2Cl)n1. The summed E-state index contributed by atoms with van der Waals surface area (Å²) in [6.45, 7) is 2.68. The summed E-state index contributed by atoms with van der Waals surface area (Å²) in [6.07, 6.45) is 2.42. The fourth-order valence-electron chi connectivity index (χ4n) is 1.80. The Morgan fingerprint density at radius 3 is 2.84 bits per heavy atom. The minimum absolute atomic E-state index is 0.165. The number of carbonyl (C=O) groups is 1. The zero-order valence-corrected chi connectivity index (χ0v) is 12.6. The number of aromatic carboxylic acids is 1. The zero-order valence-electron chi connectivity index (χ0n) is 10.2. The topological polar surface area (TPSA) is 55.1 Å². The summed E-state index contributed by atoms with van der Waals surface area (Å²) < 4.78 is 2.48. The van der Waals surface area contributed by atoms with Crippen LogP contribution >= 0.6 is 27.5 Å². The molecule has 1 aromatic heterocycles. The van der Waals surface area contributed by atoms with Crippen molar-refractivity contribution in [2.24, 2.45) is 0 Å². The van der Waals surface area contributed by atoms with Crippen LogP contribution in [0.4, 0.5) is 0 Å². The van der Waals surface area contributed by atoms with E-state index in [1.54, 1.807) is 23.0 Å². The number of hydrogen-bond donors (Lipinski definition) is 1. The Kier molecular flexibility index (Phi) is 4.27. The molecule has 0 unspecified atom stereocenters. The molecular formula is C13H12BrClN2O2. The van der Waals surface area contributed by atoms with Crippen LogP contribution in [0.1, 0.15) is 23.7 Å². The second-order valence-electron chi connectivity index (χ2n) is 4.08. The molecule has 0 spiro atoms. The molecule has 0 aliphatic rings. The van der Waals surface area contributed by atoms with Crippen molar-refractivity contribution in [2.45, 2.75) is 19.9 Å². The van der Waals surface area contributed by atoms with Gasteiger partial charge < -0.3 is 5.11 Å². The summed E-state index contributed by atoms with van der Waals surface area (Å²) in [5.74, 6) is -1.00. The predicted molar refractivity (Wildman–Crippen MR) is 77.6 cm³/mol. The summed E-state index contributed by atoms with van der Waals surface area (Å²) >= 11 is 9.47.